The summed E-state index contributed by atoms with van der Waals surface area (Å²) in [6.45, 7) is 8.03. The molecule has 3 aromatic heterocycles. The largest absolute Gasteiger partial charge is 0.460 e. The van der Waals surface area contributed by atoms with Gasteiger partial charge in [0.1, 0.15) is 11.3 Å². The van der Waals surface area contributed by atoms with Crippen molar-refractivity contribution >= 4 is 29.6 Å². The van der Waals surface area contributed by atoms with Crippen LogP contribution in [0.2, 0.25) is 0 Å². The highest BCUT2D eigenvalue weighted by Gasteiger charge is 2.20. The Labute approximate surface area is 251 Å². The summed E-state index contributed by atoms with van der Waals surface area (Å²) in [4.78, 5) is 45.7. The lowest BCUT2D eigenvalue weighted by Gasteiger charge is -2.20. The molecule has 0 radical (unpaired) electrons. The van der Waals surface area contributed by atoms with Gasteiger partial charge in [-0.3, -0.25) is 4.79 Å². The number of imidazole rings is 2. The lowest BCUT2D eigenvalue weighted by Crippen LogP contribution is -2.34. The SMILES string of the molecule is CCOC(=O)c1nc(C(N)CCNC(=O)c2cc(Nc3nc(C(N)CCNC(=O)OC(C)(C)C)cn3C)cn2C)cn1C. The molecule has 0 bridgehead atoms. The predicted molar refractivity (Wildman–Crippen MR) is 161 cm³/mol. The predicted octanol–water partition coefficient (Wildman–Crippen LogP) is 2.15. The molecule has 0 aliphatic rings. The van der Waals surface area contributed by atoms with Crippen LogP contribution in [-0.2, 0) is 30.6 Å². The van der Waals surface area contributed by atoms with Crippen LogP contribution in [0.5, 0.6) is 0 Å². The maximum absolute atomic E-state index is 12.9. The molecule has 0 saturated heterocycles. The number of alkyl carbamates (subject to hydrolysis) is 1. The Balaban J connectivity index is 1.52. The summed E-state index contributed by atoms with van der Waals surface area (Å²) >= 11 is 0. The Morgan fingerprint density at radius 3 is 2.14 bits per heavy atom. The third kappa shape index (κ3) is 9.31. The summed E-state index contributed by atoms with van der Waals surface area (Å²) in [6.07, 6.45) is 5.69. The first-order chi connectivity index (χ1) is 20.2. The average molecular weight is 601 g/mol. The van der Waals surface area contributed by atoms with Gasteiger partial charge in [-0.05, 0) is 46.6 Å². The van der Waals surface area contributed by atoms with Crippen LogP contribution in [0.4, 0.5) is 16.4 Å². The summed E-state index contributed by atoms with van der Waals surface area (Å²) in [5.74, 6) is -0.0538. The van der Waals surface area contributed by atoms with Gasteiger partial charge in [0.2, 0.25) is 11.8 Å². The standard InChI is InChI=1S/C28H44N10O5/c1-8-42-25(40)23-34-20(15-37(23)6)18(29)9-11-31-24(39)22-13-17(14-36(22)5)33-26-35-21(16-38(26)7)19(30)10-12-32-27(41)43-28(2,3)4/h13-16,18-19H,8-12,29-30H2,1-7H3,(H,31,39)(H,32,41)(H,33,35). The molecule has 0 aliphatic carbocycles. The monoisotopic (exact) mass is 600 g/mol. The molecule has 3 heterocycles. The number of carbonyl (C=O) groups excluding carboxylic acids is 3. The molecule has 0 aromatic carbocycles. The fraction of sp³-hybridized carbons (Fsp3) is 0.536. The van der Waals surface area contributed by atoms with E-state index in [2.05, 4.69) is 25.9 Å². The third-order valence-corrected chi connectivity index (χ3v) is 6.37. The van der Waals surface area contributed by atoms with Crippen LogP contribution in [0.3, 0.4) is 0 Å². The van der Waals surface area contributed by atoms with Gasteiger partial charge in [0.15, 0.2) is 0 Å². The van der Waals surface area contributed by atoms with Gasteiger partial charge in [0.05, 0.1) is 35.8 Å². The first-order valence-electron chi connectivity index (χ1n) is 14.1. The highest BCUT2D eigenvalue weighted by atomic mass is 16.6. The molecule has 236 valence electrons. The van der Waals surface area contributed by atoms with Crippen molar-refractivity contribution in [3.05, 3.63) is 47.6 Å². The molecule has 2 atom stereocenters. The number of aryl methyl sites for hydroxylation is 3. The Kier molecular flexibility index (Phi) is 10.9. The van der Waals surface area contributed by atoms with Crippen LogP contribution >= 0.6 is 0 Å². The minimum atomic E-state index is -0.572. The fourth-order valence-electron chi connectivity index (χ4n) is 4.20. The molecular formula is C28H44N10O5. The van der Waals surface area contributed by atoms with E-state index in [1.807, 2.05) is 13.2 Å². The molecule has 43 heavy (non-hydrogen) atoms. The van der Waals surface area contributed by atoms with E-state index in [4.69, 9.17) is 20.9 Å². The van der Waals surface area contributed by atoms with Crippen molar-refractivity contribution in [2.24, 2.45) is 32.6 Å². The van der Waals surface area contributed by atoms with Gasteiger partial charge in [-0.15, -0.1) is 0 Å². The number of carbonyl (C=O) groups is 3. The normalized spacial score (nSPS) is 12.9. The van der Waals surface area contributed by atoms with Crippen LogP contribution in [0.15, 0.2) is 24.7 Å². The van der Waals surface area contributed by atoms with Gasteiger partial charge < -0.3 is 50.6 Å². The molecule has 2 amide bonds. The first-order valence-corrected chi connectivity index (χ1v) is 14.1. The zero-order valence-electron chi connectivity index (χ0n) is 25.9. The van der Waals surface area contributed by atoms with Crippen LogP contribution < -0.4 is 27.4 Å². The number of anilines is 2. The molecule has 15 heteroatoms. The number of hydrogen-bond donors (Lipinski definition) is 5. The number of aromatic nitrogens is 5. The molecule has 3 aromatic rings. The molecule has 15 nitrogen and oxygen atoms in total. The number of nitrogens with zero attached hydrogens (tertiary/aromatic N) is 5. The first kappa shape index (κ1) is 33.1. The topological polar surface area (TPSA) is 198 Å². The third-order valence-electron chi connectivity index (χ3n) is 6.37. The molecule has 0 spiro atoms. The van der Waals surface area contributed by atoms with Crippen LogP contribution in [0, 0.1) is 0 Å². The number of nitrogens with one attached hydrogen (secondary N) is 3. The number of esters is 1. The zero-order valence-corrected chi connectivity index (χ0v) is 25.9. The summed E-state index contributed by atoms with van der Waals surface area (Å²) in [7, 11) is 5.31. The van der Waals surface area contributed by atoms with E-state index in [0.29, 0.717) is 54.6 Å². The second-order valence-electron chi connectivity index (χ2n) is 11.2. The maximum atomic E-state index is 12.9. The lowest BCUT2D eigenvalue weighted by atomic mass is 10.1. The Morgan fingerprint density at radius 2 is 1.51 bits per heavy atom. The highest BCUT2D eigenvalue weighted by molar-refractivity contribution is 5.94. The van der Waals surface area contributed by atoms with Crippen molar-refractivity contribution < 1.29 is 23.9 Å². The van der Waals surface area contributed by atoms with Crippen molar-refractivity contribution in [2.45, 2.75) is 58.2 Å². The molecule has 3 rings (SSSR count). The number of nitrogens with two attached hydrogens (primary N) is 2. The minimum Gasteiger partial charge on any atom is -0.460 e. The van der Waals surface area contributed by atoms with Gasteiger partial charge in [0.25, 0.3) is 5.91 Å². The van der Waals surface area contributed by atoms with E-state index in [1.165, 1.54) is 0 Å². The average Bonchev–Trinajstić information content (AvgIpc) is 3.59. The molecular weight excluding hydrogens is 556 g/mol. The second kappa shape index (κ2) is 14.2. The van der Waals surface area contributed by atoms with E-state index in [1.54, 1.807) is 74.0 Å². The van der Waals surface area contributed by atoms with Crippen LogP contribution in [0.25, 0.3) is 0 Å². The molecule has 0 aliphatic heterocycles. The summed E-state index contributed by atoms with van der Waals surface area (Å²) in [5, 5.41) is 8.81. The number of ether oxygens (including phenoxy) is 2. The van der Waals surface area contributed by atoms with Crippen molar-refractivity contribution in [3.8, 4) is 0 Å². The van der Waals surface area contributed by atoms with E-state index >= 15 is 0 Å². The Morgan fingerprint density at radius 1 is 0.907 bits per heavy atom. The lowest BCUT2D eigenvalue weighted by molar-refractivity contribution is 0.0503. The molecule has 0 fully saturated rings. The highest BCUT2D eigenvalue weighted by Crippen LogP contribution is 2.21. The summed E-state index contributed by atoms with van der Waals surface area (Å²) in [6, 6.07) is 0.846. The van der Waals surface area contributed by atoms with E-state index in [9.17, 15) is 14.4 Å². The van der Waals surface area contributed by atoms with Gasteiger partial charge >= 0.3 is 12.1 Å². The quantitative estimate of drug-likeness (QED) is 0.181. The molecule has 2 unspecified atom stereocenters. The van der Waals surface area contributed by atoms with E-state index in [-0.39, 0.29) is 18.3 Å². The van der Waals surface area contributed by atoms with Crippen molar-refractivity contribution in [1.29, 1.82) is 0 Å². The molecule has 0 saturated carbocycles. The van der Waals surface area contributed by atoms with Gasteiger partial charge in [-0.25, -0.2) is 19.6 Å². The molecule has 7 N–H and O–H groups in total. The van der Waals surface area contributed by atoms with Crippen molar-refractivity contribution in [3.63, 3.8) is 0 Å². The minimum absolute atomic E-state index is 0.178. The fourth-order valence-corrected chi connectivity index (χ4v) is 4.20. The Hall–Kier alpha value is -4.37. The van der Waals surface area contributed by atoms with Crippen molar-refractivity contribution in [2.75, 3.05) is 25.0 Å². The number of hydrogen-bond acceptors (Lipinski definition) is 10. The van der Waals surface area contributed by atoms with Gasteiger partial charge in [-0.2, -0.15) is 0 Å². The summed E-state index contributed by atoms with van der Waals surface area (Å²) in [5.41, 5.74) is 14.3. The van der Waals surface area contributed by atoms with Crippen LogP contribution in [-0.4, -0.2) is 66.9 Å². The number of amides is 2. The maximum Gasteiger partial charge on any atom is 0.407 e. The Bertz CT molecular complexity index is 1420. The van der Waals surface area contributed by atoms with Crippen LogP contribution in [0.1, 0.15) is 85.1 Å². The van der Waals surface area contributed by atoms with Gasteiger partial charge in [0, 0.05) is 52.8 Å². The summed E-state index contributed by atoms with van der Waals surface area (Å²) < 4.78 is 15.3. The van der Waals surface area contributed by atoms with Crippen molar-refractivity contribution in [1.82, 2.24) is 34.3 Å². The van der Waals surface area contributed by atoms with E-state index < -0.39 is 29.7 Å². The second-order valence-corrected chi connectivity index (χ2v) is 11.2. The zero-order chi connectivity index (χ0) is 31.9. The number of rotatable bonds is 13. The van der Waals surface area contributed by atoms with E-state index in [0.717, 1.165) is 0 Å². The van der Waals surface area contributed by atoms with Gasteiger partial charge in [-0.1, -0.05) is 0 Å². The smallest absolute Gasteiger partial charge is 0.407 e.